The molecule has 2 atom stereocenters. The van der Waals surface area contributed by atoms with Gasteiger partial charge in [-0.05, 0) is 57.5 Å². The smallest absolute Gasteiger partial charge is 0.220 e. The highest BCUT2D eigenvalue weighted by atomic mass is 35.5. The summed E-state index contributed by atoms with van der Waals surface area (Å²) in [5.74, 6) is 1.54. The fraction of sp³-hybridized carbons (Fsp3) is 0.938. The van der Waals surface area contributed by atoms with Crippen molar-refractivity contribution >= 4 is 18.3 Å². The van der Waals surface area contributed by atoms with Crippen LogP contribution in [0.2, 0.25) is 0 Å². The minimum Gasteiger partial charge on any atom is -0.353 e. The number of hydrogen-bond donors (Lipinski definition) is 2. The van der Waals surface area contributed by atoms with Crippen molar-refractivity contribution in [2.24, 2.45) is 11.8 Å². The van der Waals surface area contributed by atoms with Gasteiger partial charge in [0.1, 0.15) is 0 Å². The zero-order chi connectivity index (χ0) is 13.5. The van der Waals surface area contributed by atoms with E-state index >= 15 is 0 Å². The van der Waals surface area contributed by atoms with Gasteiger partial charge in [0.15, 0.2) is 0 Å². The Morgan fingerprint density at radius 2 is 1.85 bits per heavy atom. The van der Waals surface area contributed by atoms with Crippen molar-refractivity contribution in [3.8, 4) is 0 Å². The predicted octanol–water partition coefficient (Wildman–Crippen LogP) is 3.27. The molecule has 3 nitrogen and oxygen atoms in total. The Bertz CT molecular complexity index is 272. The van der Waals surface area contributed by atoms with Crippen molar-refractivity contribution in [3.05, 3.63) is 0 Å². The number of piperidine rings is 1. The van der Waals surface area contributed by atoms with Crippen molar-refractivity contribution in [2.45, 2.75) is 70.8 Å². The molecule has 2 aliphatic rings. The molecule has 1 saturated carbocycles. The molecule has 0 aromatic rings. The Morgan fingerprint density at radius 1 is 1.15 bits per heavy atom. The zero-order valence-corrected chi connectivity index (χ0v) is 13.6. The Labute approximate surface area is 130 Å². The largest absolute Gasteiger partial charge is 0.353 e. The van der Waals surface area contributed by atoms with Crippen LogP contribution in [0.4, 0.5) is 0 Å². The average Bonchev–Trinajstić information content (AvgIpc) is 2.68. The second-order valence-corrected chi connectivity index (χ2v) is 6.52. The minimum atomic E-state index is 0. The summed E-state index contributed by atoms with van der Waals surface area (Å²) in [6, 6.07) is 0.325. The molecule has 1 amide bonds. The van der Waals surface area contributed by atoms with E-state index in [1.165, 1.54) is 51.4 Å². The van der Waals surface area contributed by atoms with Crippen LogP contribution in [-0.2, 0) is 4.79 Å². The first-order valence-corrected chi connectivity index (χ1v) is 8.26. The predicted molar refractivity (Wildman–Crippen MR) is 86.3 cm³/mol. The number of hydrogen-bond acceptors (Lipinski definition) is 2. The van der Waals surface area contributed by atoms with Crippen LogP contribution in [0.1, 0.15) is 64.7 Å². The fourth-order valence-corrected chi connectivity index (χ4v) is 3.57. The van der Waals surface area contributed by atoms with Gasteiger partial charge < -0.3 is 10.6 Å². The topological polar surface area (TPSA) is 41.1 Å². The number of carbonyl (C=O) groups is 1. The molecule has 2 fully saturated rings. The van der Waals surface area contributed by atoms with E-state index in [0.717, 1.165) is 19.5 Å². The van der Waals surface area contributed by atoms with Gasteiger partial charge in [-0.1, -0.05) is 25.7 Å². The highest BCUT2D eigenvalue weighted by molar-refractivity contribution is 5.85. The van der Waals surface area contributed by atoms with Crippen molar-refractivity contribution in [1.82, 2.24) is 10.6 Å². The number of halogens is 1. The molecule has 1 saturated heterocycles. The Kier molecular flexibility index (Phi) is 8.55. The highest BCUT2D eigenvalue weighted by Crippen LogP contribution is 2.25. The van der Waals surface area contributed by atoms with E-state index in [9.17, 15) is 4.79 Å². The van der Waals surface area contributed by atoms with Gasteiger partial charge in [-0.3, -0.25) is 4.79 Å². The molecule has 2 unspecified atom stereocenters. The van der Waals surface area contributed by atoms with Gasteiger partial charge in [-0.2, -0.15) is 0 Å². The normalized spacial score (nSPS) is 26.1. The van der Waals surface area contributed by atoms with Crippen LogP contribution in [0.3, 0.4) is 0 Å². The monoisotopic (exact) mass is 302 g/mol. The quantitative estimate of drug-likeness (QED) is 0.783. The third-order valence-electron chi connectivity index (χ3n) is 4.88. The summed E-state index contributed by atoms with van der Waals surface area (Å²) < 4.78 is 0. The molecule has 1 aliphatic carbocycles. The molecule has 20 heavy (non-hydrogen) atoms. The maximum atomic E-state index is 12.1. The molecular formula is C16H31ClN2O. The number of carbonyl (C=O) groups excluding carboxylic acids is 1. The first-order valence-electron chi connectivity index (χ1n) is 8.26. The average molecular weight is 303 g/mol. The van der Waals surface area contributed by atoms with E-state index in [1.54, 1.807) is 0 Å². The van der Waals surface area contributed by atoms with E-state index in [0.29, 0.717) is 17.9 Å². The molecule has 0 bridgehead atoms. The van der Waals surface area contributed by atoms with E-state index in [4.69, 9.17) is 0 Å². The van der Waals surface area contributed by atoms with Crippen LogP contribution in [-0.4, -0.2) is 25.0 Å². The van der Waals surface area contributed by atoms with Crippen LogP contribution >= 0.6 is 12.4 Å². The van der Waals surface area contributed by atoms with Gasteiger partial charge in [0.05, 0.1) is 0 Å². The van der Waals surface area contributed by atoms with E-state index in [-0.39, 0.29) is 18.3 Å². The van der Waals surface area contributed by atoms with Gasteiger partial charge in [-0.25, -0.2) is 0 Å². The van der Waals surface area contributed by atoms with E-state index in [2.05, 4.69) is 17.6 Å². The maximum Gasteiger partial charge on any atom is 0.220 e. The molecule has 1 heterocycles. The summed E-state index contributed by atoms with van der Waals surface area (Å²) in [4.78, 5) is 12.1. The van der Waals surface area contributed by atoms with Crippen LogP contribution in [0.5, 0.6) is 0 Å². The lowest BCUT2D eigenvalue weighted by Gasteiger charge is -2.29. The lowest BCUT2D eigenvalue weighted by molar-refractivity contribution is -0.123. The van der Waals surface area contributed by atoms with Crippen molar-refractivity contribution in [2.75, 3.05) is 13.1 Å². The van der Waals surface area contributed by atoms with Crippen LogP contribution in [0.15, 0.2) is 0 Å². The van der Waals surface area contributed by atoms with Gasteiger partial charge in [0.2, 0.25) is 5.91 Å². The number of amides is 1. The summed E-state index contributed by atoms with van der Waals surface area (Å²) in [5.41, 5.74) is 0. The summed E-state index contributed by atoms with van der Waals surface area (Å²) in [7, 11) is 0. The minimum absolute atomic E-state index is 0. The van der Waals surface area contributed by atoms with E-state index in [1.807, 2.05) is 0 Å². The van der Waals surface area contributed by atoms with Crippen LogP contribution in [0.25, 0.3) is 0 Å². The SMILES string of the molecule is CC(NC(=O)CC1CCCCCC1)C1CCCNC1.Cl. The highest BCUT2D eigenvalue weighted by Gasteiger charge is 2.22. The zero-order valence-electron chi connectivity index (χ0n) is 12.8. The maximum absolute atomic E-state index is 12.1. The summed E-state index contributed by atoms with van der Waals surface area (Å²) >= 11 is 0. The summed E-state index contributed by atoms with van der Waals surface area (Å²) in [6.07, 6.45) is 11.1. The molecule has 0 radical (unpaired) electrons. The van der Waals surface area contributed by atoms with Gasteiger partial charge in [0.25, 0.3) is 0 Å². The summed E-state index contributed by atoms with van der Waals surface area (Å²) in [6.45, 7) is 4.37. The lowest BCUT2D eigenvalue weighted by atomic mass is 9.92. The first kappa shape index (κ1) is 17.8. The van der Waals surface area contributed by atoms with Gasteiger partial charge in [-0.15, -0.1) is 12.4 Å². The van der Waals surface area contributed by atoms with Crippen LogP contribution < -0.4 is 10.6 Å². The molecule has 1 aliphatic heterocycles. The molecule has 2 N–H and O–H groups in total. The second-order valence-electron chi connectivity index (χ2n) is 6.52. The van der Waals surface area contributed by atoms with Crippen molar-refractivity contribution in [3.63, 3.8) is 0 Å². The second kappa shape index (κ2) is 9.62. The molecule has 118 valence electrons. The Hall–Kier alpha value is -0.280. The van der Waals surface area contributed by atoms with Gasteiger partial charge >= 0.3 is 0 Å². The molecule has 0 aromatic heterocycles. The molecule has 0 aromatic carbocycles. The molecule has 4 heteroatoms. The molecule has 0 spiro atoms. The van der Waals surface area contributed by atoms with Crippen LogP contribution in [0, 0.1) is 11.8 Å². The fourth-order valence-electron chi connectivity index (χ4n) is 3.57. The van der Waals surface area contributed by atoms with E-state index < -0.39 is 0 Å². The standard InChI is InChI=1S/C16H30N2O.ClH/c1-13(15-9-6-10-17-12-15)18-16(19)11-14-7-4-2-3-5-8-14;/h13-15,17H,2-12H2,1H3,(H,18,19);1H. The van der Waals surface area contributed by atoms with Crippen molar-refractivity contribution in [1.29, 1.82) is 0 Å². The first-order chi connectivity index (χ1) is 9.25. The molecular weight excluding hydrogens is 272 g/mol. The number of nitrogens with one attached hydrogen (secondary N) is 2. The number of rotatable bonds is 4. The Morgan fingerprint density at radius 3 is 2.45 bits per heavy atom. The Balaban J connectivity index is 0.00000200. The van der Waals surface area contributed by atoms with Crippen molar-refractivity contribution < 1.29 is 4.79 Å². The van der Waals surface area contributed by atoms with Gasteiger partial charge in [0, 0.05) is 12.5 Å². The third-order valence-corrected chi connectivity index (χ3v) is 4.88. The molecule has 2 rings (SSSR count). The summed E-state index contributed by atoms with van der Waals surface area (Å²) in [5, 5.41) is 6.67. The third kappa shape index (κ3) is 6.01. The lowest BCUT2D eigenvalue weighted by Crippen LogP contribution is -2.44.